The van der Waals surface area contributed by atoms with Crippen LogP contribution in [0.25, 0.3) is 0 Å². The van der Waals surface area contributed by atoms with Gasteiger partial charge >= 0.3 is 12.3 Å². The molecule has 1 aliphatic carbocycles. The van der Waals surface area contributed by atoms with Gasteiger partial charge in [-0.2, -0.15) is 0 Å². The van der Waals surface area contributed by atoms with Crippen LogP contribution in [0, 0.1) is 5.92 Å². The number of ether oxygens (including phenoxy) is 1. The number of nitrogens with two attached hydrogens (primary N) is 1. The molecule has 0 saturated heterocycles. The van der Waals surface area contributed by atoms with Crippen molar-refractivity contribution in [1.82, 2.24) is 0 Å². The van der Waals surface area contributed by atoms with E-state index in [2.05, 4.69) is 4.74 Å². The van der Waals surface area contributed by atoms with Gasteiger partial charge in [0.05, 0.1) is 5.92 Å². The Hall–Kier alpha value is -1.92. The van der Waals surface area contributed by atoms with E-state index in [-0.39, 0.29) is 17.2 Å². The monoisotopic (exact) mass is 303 g/mol. The van der Waals surface area contributed by atoms with E-state index in [0.717, 1.165) is 37.8 Å². The summed E-state index contributed by atoms with van der Waals surface area (Å²) in [7, 11) is 0. The summed E-state index contributed by atoms with van der Waals surface area (Å²) < 4.78 is 40.6. The number of hydrogen-bond acceptors (Lipinski definition) is 3. The first-order chi connectivity index (χ1) is 9.78. The predicted molar refractivity (Wildman–Crippen MR) is 69.9 cm³/mol. The van der Waals surface area contributed by atoms with Crippen molar-refractivity contribution in [3.05, 3.63) is 23.8 Å². The summed E-state index contributed by atoms with van der Waals surface area (Å²) in [6.07, 6.45) is -1.50. The standard InChI is InChI=1S/C14H16F3NO3/c15-14(16,17)21-9-5-6-11(18)10(7-9)12(13(19)20)8-3-1-2-4-8/h5-8,12H,1-4,18H2,(H,19,20). The predicted octanol–water partition coefficient (Wildman–Crippen LogP) is 3.53. The summed E-state index contributed by atoms with van der Waals surface area (Å²) in [4.78, 5) is 11.5. The summed E-state index contributed by atoms with van der Waals surface area (Å²) in [5.41, 5.74) is 6.12. The number of anilines is 1. The number of alkyl halides is 3. The molecule has 0 heterocycles. The Kier molecular flexibility index (Phi) is 4.29. The highest BCUT2D eigenvalue weighted by Gasteiger charge is 2.35. The minimum absolute atomic E-state index is 0.106. The number of nitrogen functional groups attached to an aromatic ring is 1. The molecular weight excluding hydrogens is 287 g/mol. The molecule has 1 atom stereocenters. The Labute approximate surface area is 119 Å². The van der Waals surface area contributed by atoms with Crippen molar-refractivity contribution < 1.29 is 27.8 Å². The molecule has 0 aliphatic heterocycles. The number of aliphatic carboxylic acids is 1. The minimum atomic E-state index is -4.82. The smallest absolute Gasteiger partial charge is 0.481 e. The van der Waals surface area contributed by atoms with Crippen LogP contribution in [0.2, 0.25) is 0 Å². The largest absolute Gasteiger partial charge is 0.573 e. The maximum Gasteiger partial charge on any atom is 0.573 e. The van der Waals surface area contributed by atoms with Crippen LogP contribution in [-0.2, 0) is 4.79 Å². The van der Waals surface area contributed by atoms with E-state index in [1.54, 1.807) is 0 Å². The molecule has 0 amide bonds. The van der Waals surface area contributed by atoms with Gasteiger partial charge in [0.1, 0.15) is 5.75 Å². The SMILES string of the molecule is Nc1ccc(OC(F)(F)F)cc1C(C(=O)O)C1CCCC1. The molecule has 7 heteroatoms. The Balaban J connectivity index is 2.35. The molecule has 1 unspecified atom stereocenters. The van der Waals surface area contributed by atoms with Crippen molar-refractivity contribution in [3.63, 3.8) is 0 Å². The molecule has 4 nitrogen and oxygen atoms in total. The van der Waals surface area contributed by atoms with Crippen molar-refractivity contribution in [1.29, 1.82) is 0 Å². The molecule has 0 radical (unpaired) electrons. The van der Waals surface area contributed by atoms with E-state index in [1.807, 2.05) is 0 Å². The van der Waals surface area contributed by atoms with Gasteiger partial charge < -0.3 is 15.6 Å². The Morgan fingerprint density at radius 3 is 2.48 bits per heavy atom. The molecule has 2 rings (SSSR count). The van der Waals surface area contributed by atoms with E-state index in [4.69, 9.17) is 5.73 Å². The zero-order chi connectivity index (χ0) is 15.6. The molecule has 1 saturated carbocycles. The van der Waals surface area contributed by atoms with Crippen molar-refractivity contribution >= 4 is 11.7 Å². The molecule has 1 aromatic rings. The maximum absolute atomic E-state index is 12.3. The lowest BCUT2D eigenvalue weighted by atomic mass is 9.84. The number of benzene rings is 1. The van der Waals surface area contributed by atoms with Gasteiger partial charge in [-0.05, 0) is 42.5 Å². The van der Waals surface area contributed by atoms with Crippen molar-refractivity contribution in [3.8, 4) is 5.75 Å². The molecule has 0 aromatic heterocycles. The van der Waals surface area contributed by atoms with Crippen molar-refractivity contribution in [2.45, 2.75) is 38.0 Å². The molecule has 1 aromatic carbocycles. The number of carboxylic acids is 1. The summed E-state index contributed by atoms with van der Waals surface area (Å²) >= 11 is 0. The van der Waals surface area contributed by atoms with Gasteiger partial charge in [-0.25, -0.2) is 0 Å². The highest BCUT2D eigenvalue weighted by Crippen LogP contribution is 2.41. The second-order valence-electron chi connectivity index (χ2n) is 5.20. The van der Waals surface area contributed by atoms with Gasteiger partial charge in [0, 0.05) is 5.69 Å². The van der Waals surface area contributed by atoms with Crippen LogP contribution in [0.5, 0.6) is 5.75 Å². The lowest BCUT2D eigenvalue weighted by molar-refractivity contribution is -0.274. The van der Waals surface area contributed by atoms with Gasteiger partial charge in [-0.1, -0.05) is 12.8 Å². The van der Waals surface area contributed by atoms with Gasteiger partial charge in [0.2, 0.25) is 0 Å². The molecule has 0 bridgehead atoms. The second-order valence-corrected chi connectivity index (χ2v) is 5.20. The molecule has 21 heavy (non-hydrogen) atoms. The number of hydrogen-bond donors (Lipinski definition) is 2. The highest BCUT2D eigenvalue weighted by atomic mass is 19.4. The minimum Gasteiger partial charge on any atom is -0.481 e. The average Bonchev–Trinajstić information content (AvgIpc) is 2.85. The van der Waals surface area contributed by atoms with Crippen LogP contribution < -0.4 is 10.5 Å². The molecule has 0 spiro atoms. The van der Waals surface area contributed by atoms with Crippen LogP contribution in [0.4, 0.5) is 18.9 Å². The van der Waals surface area contributed by atoms with E-state index < -0.39 is 24.0 Å². The summed E-state index contributed by atoms with van der Waals surface area (Å²) in [5.74, 6) is -2.52. The number of rotatable bonds is 4. The quantitative estimate of drug-likeness (QED) is 0.835. The summed E-state index contributed by atoms with van der Waals surface area (Å²) in [5, 5.41) is 9.42. The van der Waals surface area contributed by atoms with Crippen LogP contribution in [0.3, 0.4) is 0 Å². The van der Waals surface area contributed by atoms with Gasteiger partial charge in [-0.15, -0.1) is 13.2 Å². The van der Waals surface area contributed by atoms with Crippen molar-refractivity contribution in [2.75, 3.05) is 5.73 Å². The average molecular weight is 303 g/mol. The molecular formula is C14H16F3NO3. The van der Waals surface area contributed by atoms with Crippen LogP contribution in [-0.4, -0.2) is 17.4 Å². The van der Waals surface area contributed by atoms with Gasteiger partial charge in [0.15, 0.2) is 0 Å². The van der Waals surface area contributed by atoms with Gasteiger partial charge in [-0.3, -0.25) is 4.79 Å². The molecule has 1 fully saturated rings. The fourth-order valence-corrected chi connectivity index (χ4v) is 2.90. The normalized spacial score (nSPS) is 17.7. The van der Waals surface area contributed by atoms with E-state index in [9.17, 15) is 23.1 Å². The zero-order valence-corrected chi connectivity index (χ0v) is 11.2. The Bertz CT molecular complexity index is 525. The Morgan fingerprint density at radius 2 is 1.95 bits per heavy atom. The first-order valence-corrected chi connectivity index (χ1v) is 6.66. The first-order valence-electron chi connectivity index (χ1n) is 6.66. The fourth-order valence-electron chi connectivity index (χ4n) is 2.90. The lowest BCUT2D eigenvalue weighted by Crippen LogP contribution is -2.22. The van der Waals surface area contributed by atoms with E-state index in [1.165, 1.54) is 6.07 Å². The highest BCUT2D eigenvalue weighted by molar-refractivity contribution is 5.79. The van der Waals surface area contributed by atoms with Crippen LogP contribution in [0.1, 0.15) is 37.2 Å². The van der Waals surface area contributed by atoms with Crippen molar-refractivity contribution in [2.24, 2.45) is 5.92 Å². The zero-order valence-electron chi connectivity index (χ0n) is 11.2. The van der Waals surface area contributed by atoms with E-state index >= 15 is 0 Å². The summed E-state index contributed by atoms with van der Waals surface area (Å²) in [6, 6.07) is 3.42. The van der Waals surface area contributed by atoms with Crippen LogP contribution in [0.15, 0.2) is 18.2 Å². The van der Waals surface area contributed by atoms with E-state index in [0.29, 0.717) is 0 Å². The fraction of sp³-hybridized carbons (Fsp3) is 0.500. The molecule has 1 aliphatic rings. The summed E-state index contributed by atoms with van der Waals surface area (Å²) in [6.45, 7) is 0. The molecule has 116 valence electrons. The lowest BCUT2D eigenvalue weighted by Gasteiger charge is -2.22. The third kappa shape index (κ3) is 3.80. The van der Waals surface area contributed by atoms with Gasteiger partial charge in [0.25, 0.3) is 0 Å². The Morgan fingerprint density at radius 1 is 1.33 bits per heavy atom. The topological polar surface area (TPSA) is 72.5 Å². The second kappa shape index (κ2) is 5.83. The maximum atomic E-state index is 12.3. The third-order valence-electron chi connectivity index (χ3n) is 3.76. The first kappa shape index (κ1) is 15.5. The number of carbonyl (C=O) groups is 1. The number of halogens is 3. The molecule has 3 N–H and O–H groups in total. The third-order valence-corrected chi connectivity index (χ3v) is 3.76. The number of carboxylic acid groups (broad SMARTS) is 1. The van der Waals surface area contributed by atoms with Crippen LogP contribution >= 0.6 is 0 Å².